The minimum Gasteiger partial charge on any atom is -0.359 e. The predicted molar refractivity (Wildman–Crippen MR) is 118 cm³/mol. The third-order valence-corrected chi connectivity index (χ3v) is 6.19. The lowest BCUT2D eigenvalue weighted by molar-refractivity contribution is 0.262. The molecule has 2 heterocycles. The molecule has 4 aromatic rings. The molecule has 2 aromatic carbocycles. The number of thiazole rings is 1. The van der Waals surface area contributed by atoms with Crippen molar-refractivity contribution in [1.82, 2.24) is 10.1 Å². The standard InChI is InChI=1S/C21H20N4O2S2/c1-21(2,3)17-12-18(25-27-17)24-19(26)22-13-8-10-14(11-9-13)28-20-23-15-6-4-5-7-16(15)29-20/h4-12H,1-3H3,(H2,22,24,25,26). The molecule has 0 aliphatic carbocycles. The summed E-state index contributed by atoms with van der Waals surface area (Å²) in [5.74, 6) is 1.10. The highest BCUT2D eigenvalue weighted by atomic mass is 32.2. The molecular weight excluding hydrogens is 404 g/mol. The van der Waals surface area contributed by atoms with Crippen LogP contribution in [0.5, 0.6) is 0 Å². The van der Waals surface area contributed by atoms with E-state index in [9.17, 15) is 4.79 Å². The van der Waals surface area contributed by atoms with E-state index in [2.05, 4.69) is 26.8 Å². The zero-order chi connectivity index (χ0) is 20.4. The summed E-state index contributed by atoms with van der Waals surface area (Å²) in [6, 6.07) is 17.1. The van der Waals surface area contributed by atoms with Crippen molar-refractivity contribution < 1.29 is 9.32 Å². The van der Waals surface area contributed by atoms with Crippen molar-refractivity contribution in [3.8, 4) is 0 Å². The smallest absolute Gasteiger partial charge is 0.324 e. The summed E-state index contributed by atoms with van der Waals surface area (Å²) < 4.78 is 7.44. The molecule has 0 aliphatic heterocycles. The van der Waals surface area contributed by atoms with Gasteiger partial charge in [-0.3, -0.25) is 5.32 Å². The van der Waals surface area contributed by atoms with Crippen molar-refractivity contribution >= 4 is 50.9 Å². The van der Waals surface area contributed by atoms with Gasteiger partial charge >= 0.3 is 6.03 Å². The maximum absolute atomic E-state index is 12.2. The summed E-state index contributed by atoms with van der Waals surface area (Å²) in [6.07, 6.45) is 0. The average molecular weight is 425 g/mol. The van der Waals surface area contributed by atoms with E-state index in [0.717, 1.165) is 14.8 Å². The first-order valence-electron chi connectivity index (χ1n) is 9.05. The van der Waals surface area contributed by atoms with Gasteiger partial charge in [-0.15, -0.1) is 11.3 Å². The Kier molecular flexibility index (Phi) is 5.29. The van der Waals surface area contributed by atoms with Crippen molar-refractivity contribution in [3.05, 3.63) is 60.4 Å². The maximum Gasteiger partial charge on any atom is 0.324 e. The van der Waals surface area contributed by atoms with Gasteiger partial charge < -0.3 is 9.84 Å². The summed E-state index contributed by atoms with van der Waals surface area (Å²) in [6.45, 7) is 6.06. The highest BCUT2D eigenvalue weighted by Crippen LogP contribution is 2.34. The molecule has 6 nitrogen and oxygen atoms in total. The Balaban J connectivity index is 1.36. The lowest BCUT2D eigenvalue weighted by Gasteiger charge is -2.12. The van der Waals surface area contributed by atoms with E-state index in [1.807, 2.05) is 63.2 Å². The molecule has 0 atom stereocenters. The predicted octanol–water partition coefficient (Wildman–Crippen LogP) is 6.38. The van der Waals surface area contributed by atoms with Crippen LogP contribution in [0.15, 0.2) is 68.4 Å². The first kappa shape index (κ1) is 19.5. The number of urea groups is 1. The zero-order valence-electron chi connectivity index (χ0n) is 16.2. The van der Waals surface area contributed by atoms with Gasteiger partial charge in [-0.2, -0.15) is 0 Å². The molecule has 148 valence electrons. The summed E-state index contributed by atoms with van der Waals surface area (Å²) in [5.41, 5.74) is 1.54. The van der Waals surface area contributed by atoms with Gasteiger partial charge in [0.1, 0.15) is 5.76 Å². The maximum atomic E-state index is 12.2. The molecule has 0 spiro atoms. The Hall–Kier alpha value is -2.84. The number of nitrogens with zero attached hydrogens (tertiary/aromatic N) is 2. The number of hydrogen-bond acceptors (Lipinski definition) is 6. The summed E-state index contributed by atoms with van der Waals surface area (Å²) in [5, 5.41) is 9.37. The van der Waals surface area contributed by atoms with E-state index in [0.29, 0.717) is 17.3 Å². The van der Waals surface area contributed by atoms with E-state index in [1.165, 1.54) is 4.70 Å². The van der Waals surface area contributed by atoms with Crippen LogP contribution in [0.4, 0.5) is 16.3 Å². The van der Waals surface area contributed by atoms with Crippen LogP contribution < -0.4 is 10.6 Å². The third kappa shape index (κ3) is 4.78. The van der Waals surface area contributed by atoms with Crippen LogP contribution in [-0.2, 0) is 5.41 Å². The van der Waals surface area contributed by atoms with Gasteiger partial charge in [-0.25, -0.2) is 9.78 Å². The second-order valence-electron chi connectivity index (χ2n) is 7.48. The van der Waals surface area contributed by atoms with Gasteiger partial charge in [-0.1, -0.05) is 49.8 Å². The molecular formula is C21H20N4O2S2. The molecule has 4 rings (SSSR count). The van der Waals surface area contributed by atoms with Gasteiger partial charge in [0, 0.05) is 22.1 Å². The lowest BCUT2D eigenvalue weighted by Crippen LogP contribution is -2.19. The minimum absolute atomic E-state index is 0.166. The van der Waals surface area contributed by atoms with E-state index in [4.69, 9.17) is 4.52 Å². The normalized spacial score (nSPS) is 11.6. The molecule has 0 saturated heterocycles. The molecule has 0 radical (unpaired) electrons. The van der Waals surface area contributed by atoms with E-state index in [-0.39, 0.29) is 11.4 Å². The van der Waals surface area contributed by atoms with E-state index < -0.39 is 0 Å². The van der Waals surface area contributed by atoms with Crippen molar-refractivity contribution in [2.75, 3.05) is 10.6 Å². The number of aromatic nitrogens is 2. The molecule has 0 unspecified atom stereocenters. The van der Waals surface area contributed by atoms with Gasteiger partial charge in [0.2, 0.25) is 0 Å². The summed E-state index contributed by atoms with van der Waals surface area (Å²) in [4.78, 5) is 17.9. The Bertz CT molecular complexity index is 1110. The Morgan fingerprint density at radius 3 is 2.52 bits per heavy atom. The Labute approximate surface area is 176 Å². The van der Waals surface area contributed by atoms with Crippen molar-refractivity contribution in [2.45, 2.75) is 35.4 Å². The number of carbonyl (C=O) groups is 1. The molecule has 0 fully saturated rings. The average Bonchev–Trinajstić information content (AvgIpc) is 3.29. The lowest BCUT2D eigenvalue weighted by atomic mass is 9.93. The van der Waals surface area contributed by atoms with Crippen LogP contribution in [0.2, 0.25) is 0 Å². The second kappa shape index (κ2) is 7.88. The van der Waals surface area contributed by atoms with Crippen molar-refractivity contribution in [3.63, 3.8) is 0 Å². The fraction of sp³-hybridized carbons (Fsp3) is 0.190. The Morgan fingerprint density at radius 1 is 1.07 bits per heavy atom. The van der Waals surface area contributed by atoms with Crippen LogP contribution in [-0.4, -0.2) is 16.2 Å². The SMILES string of the molecule is CC(C)(C)c1cc(NC(=O)Nc2ccc(Sc3nc4ccccc4s3)cc2)no1. The van der Waals surface area contributed by atoms with Crippen LogP contribution in [0, 0.1) is 0 Å². The molecule has 8 heteroatoms. The highest BCUT2D eigenvalue weighted by Gasteiger charge is 2.20. The topological polar surface area (TPSA) is 80.0 Å². The number of benzene rings is 2. The molecule has 2 amide bonds. The van der Waals surface area contributed by atoms with Crippen LogP contribution in [0.3, 0.4) is 0 Å². The Morgan fingerprint density at radius 2 is 1.83 bits per heavy atom. The number of hydrogen-bond donors (Lipinski definition) is 2. The number of fused-ring (bicyclic) bond motifs is 1. The van der Waals surface area contributed by atoms with Gasteiger partial charge in [0.05, 0.1) is 10.2 Å². The molecule has 2 aromatic heterocycles. The van der Waals surface area contributed by atoms with E-state index in [1.54, 1.807) is 29.2 Å². The second-order valence-corrected chi connectivity index (χ2v) is 9.83. The number of rotatable bonds is 4. The number of para-hydroxylation sites is 1. The first-order valence-corrected chi connectivity index (χ1v) is 10.7. The fourth-order valence-corrected chi connectivity index (χ4v) is 4.61. The highest BCUT2D eigenvalue weighted by molar-refractivity contribution is 8.01. The van der Waals surface area contributed by atoms with Crippen molar-refractivity contribution in [1.29, 1.82) is 0 Å². The quantitative estimate of drug-likeness (QED) is 0.397. The van der Waals surface area contributed by atoms with Gasteiger partial charge in [0.25, 0.3) is 0 Å². The molecule has 0 bridgehead atoms. The summed E-state index contributed by atoms with van der Waals surface area (Å²) >= 11 is 3.27. The zero-order valence-corrected chi connectivity index (χ0v) is 17.9. The van der Waals surface area contributed by atoms with E-state index >= 15 is 0 Å². The van der Waals surface area contributed by atoms with Crippen molar-refractivity contribution in [2.24, 2.45) is 0 Å². The number of anilines is 2. The third-order valence-electron chi connectivity index (χ3n) is 4.08. The molecule has 29 heavy (non-hydrogen) atoms. The first-order chi connectivity index (χ1) is 13.9. The minimum atomic E-state index is -0.370. The summed E-state index contributed by atoms with van der Waals surface area (Å²) in [7, 11) is 0. The monoisotopic (exact) mass is 424 g/mol. The molecule has 0 aliphatic rings. The largest absolute Gasteiger partial charge is 0.359 e. The fourth-order valence-electron chi connectivity index (χ4n) is 2.57. The number of amides is 2. The van der Waals surface area contributed by atoms with Crippen LogP contribution in [0.25, 0.3) is 10.2 Å². The van der Waals surface area contributed by atoms with Gasteiger partial charge in [0.15, 0.2) is 10.2 Å². The number of carbonyl (C=O) groups excluding carboxylic acids is 1. The van der Waals surface area contributed by atoms with Gasteiger partial charge in [-0.05, 0) is 36.4 Å². The number of nitrogens with one attached hydrogen (secondary N) is 2. The molecule has 2 N–H and O–H groups in total. The molecule has 0 saturated carbocycles. The van der Waals surface area contributed by atoms with Crippen LogP contribution in [0.1, 0.15) is 26.5 Å². The van der Waals surface area contributed by atoms with Crippen LogP contribution >= 0.6 is 23.1 Å².